The highest BCUT2D eigenvalue weighted by molar-refractivity contribution is 5.64. The van der Waals surface area contributed by atoms with Crippen LogP contribution in [0.3, 0.4) is 0 Å². The average Bonchev–Trinajstić information content (AvgIpc) is 2.46. The van der Waals surface area contributed by atoms with Gasteiger partial charge >= 0.3 is 0 Å². The van der Waals surface area contributed by atoms with E-state index in [1.54, 1.807) is 7.05 Å². The highest BCUT2D eigenvalue weighted by Crippen LogP contribution is 2.22. The Balaban J connectivity index is 2.45. The lowest BCUT2D eigenvalue weighted by molar-refractivity contribution is 0.643. The Morgan fingerprint density at radius 3 is 2.71 bits per heavy atom. The van der Waals surface area contributed by atoms with Crippen LogP contribution in [0.25, 0.3) is 11.3 Å². The van der Waals surface area contributed by atoms with Gasteiger partial charge in [-0.1, -0.05) is 24.6 Å². The molecule has 0 radical (unpaired) electrons. The van der Waals surface area contributed by atoms with E-state index in [4.69, 9.17) is 0 Å². The van der Waals surface area contributed by atoms with Crippen molar-refractivity contribution in [2.24, 2.45) is 7.05 Å². The largest absolute Gasteiger partial charge is 0.312 e. The number of hydrogen-bond acceptors (Lipinski definition) is 3. The van der Waals surface area contributed by atoms with E-state index in [1.165, 1.54) is 15.8 Å². The van der Waals surface area contributed by atoms with Gasteiger partial charge in [-0.25, -0.2) is 4.68 Å². The van der Waals surface area contributed by atoms with E-state index in [1.807, 2.05) is 6.07 Å². The topological polar surface area (TPSA) is 46.9 Å². The molecule has 4 nitrogen and oxygen atoms in total. The molecule has 2 aromatic rings. The normalized spacial score (nSPS) is 10.9. The van der Waals surface area contributed by atoms with Crippen molar-refractivity contribution in [1.82, 2.24) is 15.1 Å². The fraction of sp³-hybridized carbons (Fsp3) is 0.412. The fourth-order valence-corrected chi connectivity index (χ4v) is 2.34. The molecular weight excluding hydrogens is 262 g/mol. The summed E-state index contributed by atoms with van der Waals surface area (Å²) in [5.74, 6) is 0. The summed E-state index contributed by atoms with van der Waals surface area (Å²) in [4.78, 5) is 12.2. The molecule has 1 N–H and O–H groups in total. The maximum atomic E-state index is 12.2. The summed E-state index contributed by atoms with van der Waals surface area (Å²) in [7, 11) is 1.71. The lowest BCUT2D eigenvalue weighted by atomic mass is 10.0. The molecule has 0 spiro atoms. The molecule has 0 unspecified atom stereocenters. The van der Waals surface area contributed by atoms with Crippen LogP contribution >= 0.6 is 0 Å². The standard InChI is InChI=1S/C17H23N3O/c1-5-8-18-11-14-10-16(19-20(4)17(14)21)15-9-12(2)6-7-13(15)3/h6-7,9-10,18H,5,8,11H2,1-4H3. The van der Waals surface area contributed by atoms with Gasteiger partial charge < -0.3 is 5.32 Å². The number of aryl methyl sites for hydroxylation is 3. The van der Waals surface area contributed by atoms with Gasteiger partial charge in [0.15, 0.2) is 0 Å². The summed E-state index contributed by atoms with van der Waals surface area (Å²) >= 11 is 0. The van der Waals surface area contributed by atoms with E-state index in [0.717, 1.165) is 29.8 Å². The van der Waals surface area contributed by atoms with Crippen LogP contribution in [-0.4, -0.2) is 16.3 Å². The lowest BCUT2D eigenvalue weighted by Crippen LogP contribution is -2.28. The number of nitrogens with one attached hydrogen (secondary N) is 1. The second-order valence-corrected chi connectivity index (χ2v) is 5.48. The van der Waals surface area contributed by atoms with Crippen molar-refractivity contribution in [3.8, 4) is 11.3 Å². The van der Waals surface area contributed by atoms with Crippen LogP contribution in [0.15, 0.2) is 29.1 Å². The van der Waals surface area contributed by atoms with Crippen LogP contribution in [0.1, 0.15) is 30.0 Å². The van der Waals surface area contributed by atoms with Gasteiger partial charge in [-0.3, -0.25) is 4.79 Å². The van der Waals surface area contributed by atoms with Crippen LogP contribution in [0.5, 0.6) is 0 Å². The van der Waals surface area contributed by atoms with Crippen molar-refractivity contribution in [3.05, 3.63) is 51.3 Å². The van der Waals surface area contributed by atoms with Crippen molar-refractivity contribution in [2.75, 3.05) is 6.54 Å². The summed E-state index contributed by atoms with van der Waals surface area (Å²) in [5.41, 5.74) is 5.02. The highest BCUT2D eigenvalue weighted by atomic mass is 16.1. The van der Waals surface area contributed by atoms with Gasteiger partial charge in [-0.15, -0.1) is 0 Å². The smallest absolute Gasteiger partial charge is 0.271 e. The molecule has 0 aliphatic carbocycles. The Kier molecular flexibility index (Phi) is 4.91. The number of rotatable bonds is 5. The molecule has 0 amide bonds. The van der Waals surface area contributed by atoms with Crippen LogP contribution in [0.2, 0.25) is 0 Å². The van der Waals surface area contributed by atoms with E-state index in [2.05, 4.69) is 49.4 Å². The minimum atomic E-state index is -0.0346. The Hall–Kier alpha value is -1.94. The first-order valence-electron chi connectivity index (χ1n) is 7.38. The van der Waals surface area contributed by atoms with Crippen LogP contribution in [-0.2, 0) is 13.6 Å². The van der Waals surface area contributed by atoms with Gasteiger partial charge in [-0.2, -0.15) is 5.10 Å². The third-order valence-corrected chi connectivity index (χ3v) is 3.55. The Labute approximate surface area is 125 Å². The van der Waals surface area contributed by atoms with Crippen molar-refractivity contribution >= 4 is 0 Å². The van der Waals surface area contributed by atoms with Crippen molar-refractivity contribution < 1.29 is 0 Å². The van der Waals surface area contributed by atoms with Crippen molar-refractivity contribution in [2.45, 2.75) is 33.7 Å². The van der Waals surface area contributed by atoms with Gasteiger partial charge in [0.05, 0.1) is 5.69 Å². The molecule has 4 heteroatoms. The SMILES string of the molecule is CCCNCc1cc(-c2cc(C)ccc2C)nn(C)c1=O. The average molecular weight is 285 g/mol. The minimum absolute atomic E-state index is 0.0346. The number of benzene rings is 1. The molecule has 112 valence electrons. The molecule has 1 aromatic carbocycles. The van der Waals surface area contributed by atoms with Crippen molar-refractivity contribution in [3.63, 3.8) is 0 Å². The predicted octanol–water partition coefficient (Wildman–Crippen LogP) is 2.56. The molecule has 0 aliphatic rings. The lowest BCUT2D eigenvalue weighted by Gasteiger charge is -2.11. The van der Waals surface area contributed by atoms with E-state index in [-0.39, 0.29) is 5.56 Å². The molecule has 1 heterocycles. The van der Waals surface area contributed by atoms with Gasteiger partial charge in [0, 0.05) is 24.7 Å². The predicted molar refractivity (Wildman–Crippen MR) is 86.4 cm³/mol. The quantitative estimate of drug-likeness (QED) is 0.859. The first-order chi connectivity index (χ1) is 10.0. The molecule has 21 heavy (non-hydrogen) atoms. The van der Waals surface area contributed by atoms with Crippen LogP contribution in [0.4, 0.5) is 0 Å². The number of nitrogens with zero attached hydrogens (tertiary/aromatic N) is 2. The molecule has 1 aromatic heterocycles. The summed E-state index contributed by atoms with van der Waals surface area (Å²) in [6, 6.07) is 8.20. The molecule has 2 rings (SSSR count). The summed E-state index contributed by atoms with van der Waals surface area (Å²) < 4.78 is 1.43. The Morgan fingerprint density at radius 1 is 1.24 bits per heavy atom. The molecule has 0 saturated carbocycles. The van der Waals surface area contributed by atoms with Crippen molar-refractivity contribution in [1.29, 1.82) is 0 Å². The summed E-state index contributed by atoms with van der Waals surface area (Å²) in [5, 5.41) is 7.69. The maximum Gasteiger partial charge on any atom is 0.271 e. The van der Waals surface area contributed by atoms with E-state index in [9.17, 15) is 4.79 Å². The number of hydrogen-bond donors (Lipinski definition) is 1. The van der Waals surface area contributed by atoms with Gasteiger partial charge in [0.2, 0.25) is 0 Å². The van der Waals surface area contributed by atoms with E-state index >= 15 is 0 Å². The summed E-state index contributed by atoms with van der Waals surface area (Å²) in [6.45, 7) is 7.73. The van der Waals surface area contributed by atoms with Gasteiger partial charge in [0.25, 0.3) is 5.56 Å². The Bertz CT molecular complexity index is 689. The molecule has 0 saturated heterocycles. The Morgan fingerprint density at radius 2 is 2.00 bits per heavy atom. The van der Waals surface area contributed by atoms with E-state index in [0.29, 0.717) is 6.54 Å². The first-order valence-corrected chi connectivity index (χ1v) is 7.38. The first kappa shape index (κ1) is 15.4. The highest BCUT2D eigenvalue weighted by Gasteiger charge is 2.10. The monoisotopic (exact) mass is 285 g/mol. The fourth-order valence-electron chi connectivity index (χ4n) is 2.34. The second-order valence-electron chi connectivity index (χ2n) is 5.48. The third-order valence-electron chi connectivity index (χ3n) is 3.55. The molecule has 0 fully saturated rings. The molecule has 0 bridgehead atoms. The second kappa shape index (κ2) is 6.68. The molecule has 0 aliphatic heterocycles. The zero-order valence-electron chi connectivity index (χ0n) is 13.2. The zero-order chi connectivity index (χ0) is 15.4. The molecule has 0 atom stereocenters. The van der Waals surface area contributed by atoms with Crippen LogP contribution < -0.4 is 10.9 Å². The molecular formula is C17H23N3O. The van der Waals surface area contributed by atoms with Crippen LogP contribution in [0, 0.1) is 13.8 Å². The number of aromatic nitrogens is 2. The van der Waals surface area contributed by atoms with E-state index < -0.39 is 0 Å². The van der Waals surface area contributed by atoms with Gasteiger partial charge in [0.1, 0.15) is 0 Å². The summed E-state index contributed by atoms with van der Waals surface area (Å²) in [6.07, 6.45) is 1.05. The van der Waals surface area contributed by atoms with Gasteiger partial charge in [-0.05, 0) is 44.5 Å². The zero-order valence-corrected chi connectivity index (χ0v) is 13.2. The maximum absolute atomic E-state index is 12.2. The third kappa shape index (κ3) is 3.58. The minimum Gasteiger partial charge on any atom is -0.312 e.